The standard InChI is InChI=1S/C16H20N2O2/c1-16(2)12-18(9-8-14(16)10-17)15(19)20-11-13-6-4-3-5-7-13/h3-7,14H,8-9,11-12H2,1-2H3. The highest BCUT2D eigenvalue weighted by atomic mass is 16.6. The zero-order valence-electron chi connectivity index (χ0n) is 12.0. The van der Waals surface area contributed by atoms with Gasteiger partial charge < -0.3 is 9.64 Å². The molecule has 1 aliphatic heterocycles. The first kappa shape index (κ1) is 14.4. The number of likely N-dealkylation sites (tertiary alicyclic amines) is 1. The maximum absolute atomic E-state index is 12.1. The van der Waals surface area contributed by atoms with Crippen LogP contribution in [0.25, 0.3) is 0 Å². The molecule has 0 N–H and O–H groups in total. The molecule has 0 saturated carbocycles. The van der Waals surface area contributed by atoms with Crippen LogP contribution in [0.5, 0.6) is 0 Å². The summed E-state index contributed by atoms with van der Waals surface area (Å²) in [4.78, 5) is 13.8. The number of carbonyl (C=O) groups is 1. The SMILES string of the molecule is CC1(C)CN(C(=O)OCc2ccccc2)CCC1C#N. The fourth-order valence-corrected chi connectivity index (χ4v) is 2.56. The van der Waals surface area contributed by atoms with Crippen LogP contribution in [0.2, 0.25) is 0 Å². The average Bonchev–Trinajstić information content (AvgIpc) is 2.44. The lowest BCUT2D eigenvalue weighted by Crippen LogP contribution is -2.48. The molecule has 0 aliphatic carbocycles. The molecule has 1 heterocycles. The smallest absolute Gasteiger partial charge is 0.410 e. The third-order valence-corrected chi connectivity index (χ3v) is 3.85. The Morgan fingerprint density at radius 1 is 1.45 bits per heavy atom. The van der Waals surface area contributed by atoms with Crippen LogP contribution in [-0.2, 0) is 11.3 Å². The lowest BCUT2D eigenvalue weighted by molar-refractivity contribution is 0.0482. The molecule has 4 heteroatoms. The van der Waals surface area contributed by atoms with Crippen molar-refractivity contribution in [2.24, 2.45) is 11.3 Å². The van der Waals surface area contributed by atoms with E-state index in [0.717, 1.165) is 5.56 Å². The first-order valence-electron chi connectivity index (χ1n) is 6.88. The minimum Gasteiger partial charge on any atom is -0.445 e. The second kappa shape index (κ2) is 5.96. The first-order valence-corrected chi connectivity index (χ1v) is 6.88. The number of nitrogens with zero attached hydrogens (tertiary/aromatic N) is 2. The predicted octanol–water partition coefficient (Wildman–Crippen LogP) is 3.19. The summed E-state index contributed by atoms with van der Waals surface area (Å²) in [6.07, 6.45) is 0.419. The summed E-state index contributed by atoms with van der Waals surface area (Å²) in [7, 11) is 0. The first-order chi connectivity index (χ1) is 9.53. The van der Waals surface area contributed by atoms with Gasteiger partial charge >= 0.3 is 6.09 Å². The van der Waals surface area contributed by atoms with Crippen molar-refractivity contribution in [2.45, 2.75) is 26.9 Å². The highest BCUT2D eigenvalue weighted by molar-refractivity contribution is 5.67. The van der Waals surface area contributed by atoms with Crippen LogP contribution >= 0.6 is 0 Å². The quantitative estimate of drug-likeness (QED) is 0.830. The van der Waals surface area contributed by atoms with Gasteiger partial charge in [0.1, 0.15) is 6.61 Å². The molecular formula is C16H20N2O2. The highest BCUT2D eigenvalue weighted by Crippen LogP contribution is 2.34. The molecule has 1 aromatic rings. The normalized spacial score (nSPS) is 21.1. The predicted molar refractivity (Wildman–Crippen MR) is 75.7 cm³/mol. The van der Waals surface area contributed by atoms with E-state index in [1.165, 1.54) is 0 Å². The number of piperidine rings is 1. The summed E-state index contributed by atoms with van der Waals surface area (Å²) in [5, 5.41) is 9.12. The van der Waals surface area contributed by atoms with E-state index in [-0.39, 0.29) is 24.0 Å². The number of hydrogen-bond donors (Lipinski definition) is 0. The van der Waals surface area contributed by atoms with Crippen LogP contribution in [0.1, 0.15) is 25.8 Å². The zero-order valence-corrected chi connectivity index (χ0v) is 12.0. The summed E-state index contributed by atoms with van der Waals surface area (Å²) in [5.74, 6) is 0.000623. The average molecular weight is 272 g/mol. The molecule has 106 valence electrons. The number of amides is 1. The molecule has 1 fully saturated rings. The van der Waals surface area contributed by atoms with E-state index in [4.69, 9.17) is 10.00 Å². The molecule has 1 atom stereocenters. The molecule has 0 spiro atoms. The second-order valence-corrected chi connectivity index (χ2v) is 5.92. The molecular weight excluding hydrogens is 252 g/mol. The molecule has 0 aromatic heterocycles. The Labute approximate surface area is 120 Å². The van der Waals surface area contributed by atoms with E-state index in [0.29, 0.717) is 19.5 Å². The highest BCUT2D eigenvalue weighted by Gasteiger charge is 2.38. The van der Waals surface area contributed by atoms with Crippen LogP contribution in [0.4, 0.5) is 4.79 Å². The van der Waals surface area contributed by atoms with E-state index in [2.05, 4.69) is 6.07 Å². The van der Waals surface area contributed by atoms with Gasteiger partial charge in [0.05, 0.1) is 12.0 Å². The van der Waals surface area contributed by atoms with Gasteiger partial charge in [-0.25, -0.2) is 4.79 Å². The Morgan fingerprint density at radius 2 is 2.15 bits per heavy atom. The molecule has 0 bridgehead atoms. The number of hydrogen-bond acceptors (Lipinski definition) is 3. The Morgan fingerprint density at radius 3 is 2.75 bits per heavy atom. The van der Waals surface area contributed by atoms with E-state index >= 15 is 0 Å². The fourth-order valence-electron chi connectivity index (χ4n) is 2.56. The van der Waals surface area contributed by atoms with Gasteiger partial charge in [-0.2, -0.15) is 5.26 Å². The molecule has 1 unspecified atom stereocenters. The van der Waals surface area contributed by atoms with Gasteiger partial charge in [0.2, 0.25) is 0 Å². The van der Waals surface area contributed by atoms with Crippen molar-refractivity contribution in [3.8, 4) is 6.07 Å². The molecule has 2 rings (SSSR count). The Hall–Kier alpha value is -2.02. The minimum absolute atomic E-state index is 0.000623. The van der Waals surface area contributed by atoms with Crippen molar-refractivity contribution < 1.29 is 9.53 Å². The van der Waals surface area contributed by atoms with Crippen LogP contribution < -0.4 is 0 Å². The van der Waals surface area contributed by atoms with E-state index in [1.54, 1.807) is 4.90 Å². The van der Waals surface area contributed by atoms with E-state index < -0.39 is 0 Å². The number of ether oxygens (including phenoxy) is 1. The lowest BCUT2D eigenvalue weighted by Gasteiger charge is -2.40. The summed E-state index contributed by atoms with van der Waals surface area (Å²) < 4.78 is 5.33. The van der Waals surface area contributed by atoms with Crippen LogP contribution in [0.15, 0.2) is 30.3 Å². The van der Waals surface area contributed by atoms with Gasteiger partial charge in [0.15, 0.2) is 0 Å². The molecule has 4 nitrogen and oxygen atoms in total. The Balaban J connectivity index is 1.89. The van der Waals surface area contributed by atoms with Gasteiger partial charge in [0, 0.05) is 13.1 Å². The van der Waals surface area contributed by atoms with E-state index in [1.807, 2.05) is 44.2 Å². The largest absolute Gasteiger partial charge is 0.445 e. The third kappa shape index (κ3) is 3.30. The lowest BCUT2D eigenvalue weighted by atomic mass is 9.75. The van der Waals surface area contributed by atoms with Crippen LogP contribution in [0, 0.1) is 22.7 Å². The Bertz CT molecular complexity index is 505. The maximum atomic E-state index is 12.1. The number of carbonyl (C=O) groups excluding carboxylic acids is 1. The Kier molecular flexibility index (Phi) is 4.29. The number of rotatable bonds is 2. The second-order valence-electron chi connectivity index (χ2n) is 5.92. The van der Waals surface area contributed by atoms with Crippen LogP contribution in [0.3, 0.4) is 0 Å². The molecule has 1 aliphatic rings. The summed E-state index contributed by atoms with van der Waals surface area (Å²) in [6.45, 7) is 5.50. The molecule has 0 radical (unpaired) electrons. The third-order valence-electron chi connectivity index (χ3n) is 3.85. The van der Waals surface area contributed by atoms with Gasteiger partial charge in [-0.1, -0.05) is 44.2 Å². The topological polar surface area (TPSA) is 53.3 Å². The number of nitriles is 1. The van der Waals surface area contributed by atoms with Gasteiger partial charge in [-0.3, -0.25) is 0 Å². The van der Waals surface area contributed by atoms with Crippen molar-refractivity contribution in [2.75, 3.05) is 13.1 Å². The van der Waals surface area contributed by atoms with Crippen molar-refractivity contribution >= 4 is 6.09 Å². The zero-order chi connectivity index (χ0) is 14.6. The summed E-state index contributed by atoms with van der Waals surface area (Å²) in [5.41, 5.74) is 0.797. The monoisotopic (exact) mass is 272 g/mol. The summed E-state index contributed by atoms with van der Waals surface area (Å²) >= 11 is 0. The molecule has 1 aromatic carbocycles. The minimum atomic E-state index is -0.293. The number of benzene rings is 1. The molecule has 20 heavy (non-hydrogen) atoms. The molecule has 1 saturated heterocycles. The van der Waals surface area contributed by atoms with Gasteiger partial charge in [0.25, 0.3) is 0 Å². The summed E-state index contributed by atoms with van der Waals surface area (Å²) in [6, 6.07) is 12.0. The van der Waals surface area contributed by atoms with Crippen molar-refractivity contribution in [1.82, 2.24) is 4.90 Å². The van der Waals surface area contributed by atoms with Crippen molar-refractivity contribution in [1.29, 1.82) is 5.26 Å². The van der Waals surface area contributed by atoms with Gasteiger partial charge in [-0.15, -0.1) is 0 Å². The molecule has 1 amide bonds. The van der Waals surface area contributed by atoms with Crippen molar-refractivity contribution in [3.63, 3.8) is 0 Å². The fraction of sp³-hybridized carbons (Fsp3) is 0.500. The maximum Gasteiger partial charge on any atom is 0.410 e. The van der Waals surface area contributed by atoms with Crippen LogP contribution in [-0.4, -0.2) is 24.1 Å². The van der Waals surface area contributed by atoms with Gasteiger partial charge in [-0.05, 0) is 17.4 Å². The van der Waals surface area contributed by atoms with E-state index in [9.17, 15) is 4.79 Å². The van der Waals surface area contributed by atoms with Crippen molar-refractivity contribution in [3.05, 3.63) is 35.9 Å².